The van der Waals surface area contributed by atoms with Crippen molar-refractivity contribution >= 4 is 11.8 Å². The van der Waals surface area contributed by atoms with Crippen molar-refractivity contribution < 1.29 is 9.59 Å². The van der Waals surface area contributed by atoms with E-state index in [4.69, 9.17) is 5.73 Å². The van der Waals surface area contributed by atoms with Crippen molar-refractivity contribution in [2.45, 2.75) is 38.6 Å². The summed E-state index contributed by atoms with van der Waals surface area (Å²) in [5, 5.41) is 2.91. The van der Waals surface area contributed by atoms with E-state index in [1.165, 1.54) is 0 Å². The number of aromatic nitrogens is 1. The molecule has 3 N–H and O–H groups in total. The van der Waals surface area contributed by atoms with E-state index < -0.39 is 0 Å². The highest BCUT2D eigenvalue weighted by atomic mass is 16.2. The molecule has 2 amide bonds. The minimum absolute atomic E-state index is 0.0798. The van der Waals surface area contributed by atoms with Crippen molar-refractivity contribution in [3.05, 3.63) is 29.6 Å². The lowest BCUT2D eigenvalue weighted by molar-refractivity contribution is -0.124. The van der Waals surface area contributed by atoms with Crippen molar-refractivity contribution in [2.24, 2.45) is 11.7 Å². The van der Waals surface area contributed by atoms with Crippen LogP contribution in [0.3, 0.4) is 0 Å². The van der Waals surface area contributed by atoms with Crippen LogP contribution in [0.2, 0.25) is 0 Å². The van der Waals surface area contributed by atoms with Gasteiger partial charge >= 0.3 is 0 Å². The Morgan fingerprint density at radius 2 is 2.21 bits per heavy atom. The maximum absolute atomic E-state index is 11.9. The number of primary amides is 1. The van der Waals surface area contributed by atoms with E-state index in [1.54, 1.807) is 6.20 Å². The van der Waals surface area contributed by atoms with Gasteiger partial charge in [0.05, 0.1) is 12.3 Å². The Bertz CT molecular complexity index is 470. The van der Waals surface area contributed by atoms with Crippen LogP contribution in [0, 0.1) is 12.8 Å². The van der Waals surface area contributed by atoms with Gasteiger partial charge in [-0.05, 0) is 31.4 Å². The van der Waals surface area contributed by atoms with Gasteiger partial charge in [0.15, 0.2) is 0 Å². The lowest BCUT2D eigenvalue weighted by Gasteiger charge is -2.18. The van der Waals surface area contributed by atoms with E-state index >= 15 is 0 Å². The van der Waals surface area contributed by atoms with Gasteiger partial charge in [-0.25, -0.2) is 0 Å². The van der Waals surface area contributed by atoms with Crippen molar-refractivity contribution in [3.63, 3.8) is 0 Å². The van der Waals surface area contributed by atoms with Crippen LogP contribution in [0.15, 0.2) is 18.3 Å². The number of amides is 2. The third-order valence-electron chi connectivity index (χ3n) is 3.57. The number of nitrogens with zero attached hydrogens (tertiary/aromatic N) is 1. The molecule has 5 nitrogen and oxygen atoms in total. The van der Waals surface area contributed by atoms with Gasteiger partial charge in [-0.3, -0.25) is 14.6 Å². The molecular weight excluding hydrogens is 242 g/mol. The first kappa shape index (κ1) is 13.5. The average molecular weight is 261 g/mol. The summed E-state index contributed by atoms with van der Waals surface area (Å²) in [5.74, 6) is -0.622. The minimum Gasteiger partial charge on any atom is -0.369 e. The molecule has 0 radical (unpaired) electrons. The molecule has 1 aliphatic carbocycles. The zero-order valence-electron chi connectivity index (χ0n) is 11.1. The normalized spacial score (nSPS) is 22.2. The number of hydrogen-bond donors (Lipinski definition) is 2. The first-order chi connectivity index (χ1) is 9.06. The summed E-state index contributed by atoms with van der Waals surface area (Å²) in [4.78, 5) is 27.3. The molecule has 1 aromatic rings. The molecule has 5 heteroatoms. The lowest BCUT2D eigenvalue weighted by Crippen LogP contribution is -2.42. The fourth-order valence-electron chi connectivity index (χ4n) is 2.52. The number of pyridine rings is 1. The van der Waals surface area contributed by atoms with Gasteiger partial charge < -0.3 is 11.1 Å². The van der Waals surface area contributed by atoms with Gasteiger partial charge in [-0.15, -0.1) is 0 Å². The molecule has 0 unspecified atom stereocenters. The Hall–Kier alpha value is -1.91. The van der Waals surface area contributed by atoms with E-state index in [9.17, 15) is 9.59 Å². The van der Waals surface area contributed by atoms with Crippen LogP contribution in [0.1, 0.15) is 30.5 Å². The monoisotopic (exact) mass is 261 g/mol. The number of carbonyl (C=O) groups is 2. The highest BCUT2D eigenvalue weighted by Crippen LogP contribution is 2.25. The van der Waals surface area contributed by atoms with Gasteiger partial charge in [0.2, 0.25) is 11.8 Å². The van der Waals surface area contributed by atoms with E-state index in [1.807, 2.05) is 19.1 Å². The highest BCUT2D eigenvalue weighted by Gasteiger charge is 2.32. The maximum Gasteiger partial charge on any atom is 0.224 e. The van der Waals surface area contributed by atoms with Crippen LogP contribution in [0.25, 0.3) is 0 Å². The lowest BCUT2D eigenvalue weighted by atomic mass is 10.0. The van der Waals surface area contributed by atoms with E-state index in [2.05, 4.69) is 10.3 Å². The Kier molecular flexibility index (Phi) is 4.14. The molecule has 0 saturated heterocycles. The predicted octanol–water partition coefficient (Wildman–Crippen LogP) is 0.703. The highest BCUT2D eigenvalue weighted by molar-refractivity contribution is 5.82. The third kappa shape index (κ3) is 3.53. The minimum atomic E-state index is -0.320. The van der Waals surface area contributed by atoms with Gasteiger partial charge in [-0.1, -0.05) is 12.5 Å². The molecule has 19 heavy (non-hydrogen) atoms. The summed E-state index contributed by atoms with van der Waals surface area (Å²) in [7, 11) is 0. The predicted molar refractivity (Wildman–Crippen MR) is 71.1 cm³/mol. The third-order valence-corrected chi connectivity index (χ3v) is 3.57. The Morgan fingerprint density at radius 1 is 1.42 bits per heavy atom. The Balaban J connectivity index is 1.90. The Labute approximate surface area is 112 Å². The maximum atomic E-state index is 11.9. The van der Waals surface area contributed by atoms with E-state index in [-0.39, 0.29) is 30.2 Å². The SMILES string of the molecule is Cc1ccc(CC(=O)N[C@H]2CCC[C@@H]2C(N)=O)cn1. The van der Waals surface area contributed by atoms with Gasteiger partial charge in [-0.2, -0.15) is 0 Å². The average Bonchev–Trinajstić information content (AvgIpc) is 2.80. The summed E-state index contributed by atoms with van der Waals surface area (Å²) >= 11 is 0. The topological polar surface area (TPSA) is 85.1 Å². The standard InChI is InChI=1S/C14H19N3O2/c1-9-5-6-10(8-16-9)7-13(18)17-12-4-2-3-11(12)14(15)19/h5-6,8,11-12H,2-4,7H2,1H3,(H2,15,19)(H,17,18)/t11-,12-/m0/s1. The summed E-state index contributed by atoms with van der Waals surface area (Å²) in [6.45, 7) is 1.90. The summed E-state index contributed by atoms with van der Waals surface area (Å²) in [6.07, 6.45) is 4.52. The number of carbonyl (C=O) groups excluding carboxylic acids is 2. The number of rotatable bonds is 4. The molecule has 1 aliphatic rings. The number of aryl methyl sites for hydroxylation is 1. The molecule has 2 rings (SSSR count). The zero-order chi connectivity index (χ0) is 13.8. The fourth-order valence-corrected chi connectivity index (χ4v) is 2.52. The van der Waals surface area contributed by atoms with Gasteiger partial charge in [0.25, 0.3) is 0 Å². The zero-order valence-corrected chi connectivity index (χ0v) is 11.1. The van der Waals surface area contributed by atoms with Crippen molar-refractivity contribution in [1.29, 1.82) is 0 Å². The van der Waals surface area contributed by atoms with Crippen LogP contribution in [0.4, 0.5) is 0 Å². The second-order valence-electron chi connectivity index (χ2n) is 5.10. The molecule has 1 aromatic heterocycles. The molecule has 0 aliphatic heterocycles. The van der Waals surface area contributed by atoms with Crippen LogP contribution in [-0.4, -0.2) is 22.8 Å². The largest absolute Gasteiger partial charge is 0.369 e. The number of nitrogens with one attached hydrogen (secondary N) is 1. The van der Waals surface area contributed by atoms with Gasteiger partial charge in [0.1, 0.15) is 0 Å². The molecule has 0 bridgehead atoms. The second kappa shape index (κ2) is 5.82. The molecule has 1 fully saturated rings. The number of nitrogens with two attached hydrogens (primary N) is 1. The fraction of sp³-hybridized carbons (Fsp3) is 0.500. The van der Waals surface area contributed by atoms with Crippen molar-refractivity contribution in [2.75, 3.05) is 0 Å². The van der Waals surface area contributed by atoms with Crippen molar-refractivity contribution in [1.82, 2.24) is 10.3 Å². The van der Waals surface area contributed by atoms with E-state index in [0.717, 1.165) is 30.5 Å². The van der Waals surface area contributed by atoms with Crippen LogP contribution < -0.4 is 11.1 Å². The number of hydrogen-bond acceptors (Lipinski definition) is 3. The van der Waals surface area contributed by atoms with Gasteiger partial charge in [0, 0.05) is 17.9 Å². The van der Waals surface area contributed by atoms with Crippen LogP contribution >= 0.6 is 0 Å². The summed E-state index contributed by atoms with van der Waals surface area (Å²) < 4.78 is 0. The summed E-state index contributed by atoms with van der Waals surface area (Å²) in [6, 6.07) is 3.66. The van der Waals surface area contributed by atoms with Crippen LogP contribution in [-0.2, 0) is 16.0 Å². The van der Waals surface area contributed by atoms with Crippen LogP contribution in [0.5, 0.6) is 0 Å². The quantitative estimate of drug-likeness (QED) is 0.836. The molecule has 0 aromatic carbocycles. The molecular formula is C14H19N3O2. The Morgan fingerprint density at radius 3 is 2.84 bits per heavy atom. The summed E-state index contributed by atoms with van der Waals surface area (Å²) in [5.41, 5.74) is 7.13. The molecule has 2 atom stereocenters. The first-order valence-electron chi connectivity index (χ1n) is 6.56. The van der Waals surface area contributed by atoms with Crippen molar-refractivity contribution in [3.8, 4) is 0 Å². The molecule has 1 heterocycles. The molecule has 102 valence electrons. The molecule has 0 spiro atoms. The smallest absolute Gasteiger partial charge is 0.224 e. The van der Waals surface area contributed by atoms with E-state index in [0.29, 0.717) is 0 Å². The second-order valence-corrected chi connectivity index (χ2v) is 5.10. The molecule has 1 saturated carbocycles. The first-order valence-corrected chi connectivity index (χ1v) is 6.56.